The minimum atomic E-state index is -0.394. The fourth-order valence-corrected chi connectivity index (χ4v) is 1.86. The topological polar surface area (TPSA) is 75.4 Å². The predicted octanol–water partition coefficient (Wildman–Crippen LogP) is 0.247. The molecule has 4 heteroatoms. The number of rotatable bonds is 5. The molecular formula is C11H22N2O2. The molecule has 0 aromatic heterocycles. The van der Waals surface area contributed by atoms with Crippen LogP contribution >= 0.6 is 0 Å². The summed E-state index contributed by atoms with van der Waals surface area (Å²) in [6.45, 7) is 4.76. The van der Waals surface area contributed by atoms with Gasteiger partial charge in [0.2, 0.25) is 5.91 Å². The third kappa shape index (κ3) is 4.18. The van der Waals surface area contributed by atoms with Crippen molar-refractivity contribution >= 4 is 5.91 Å². The Morgan fingerprint density at radius 1 is 1.53 bits per heavy atom. The number of carbonyl (C=O) groups is 1. The molecule has 0 aromatic rings. The molecule has 1 rings (SSSR count). The average molecular weight is 214 g/mol. The molecule has 4 N–H and O–H groups in total. The third-order valence-electron chi connectivity index (χ3n) is 2.84. The van der Waals surface area contributed by atoms with Crippen molar-refractivity contribution in [2.24, 2.45) is 17.6 Å². The largest absolute Gasteiger partial charge is 0.393 e. The molecule has 0 aromatic carbocycles. The van der Waals surface area contributed by atoms with Crippen LogP contribution in [-0.4, -0.2) is 29.7 Å². The number of hydrogen-bond acceptors (Lipinski definition) is 3. The van der Waals surface area contributed by atoms with Crippen LogP contribution in [0.2, 0.25) is 0 Å². The highest BCUT2D eigenvalue weighted by molar-refractivity contribution is 5.81. The summed E-state index contributed by atoms with van der Waals surface area (Å²) in [5, 5.41) is 11.9. The van der Waals surface area contributed by atoms with E-state index in [-0.39, 0.29) is 12.0 Å². The second kappa shape index (κ2) is 5.47. The predicted molar refractivity (Wildman–Crippen MR) is 59.2 cm³/mol. The van der Waals surface area contributed by atoms with E-state index in [2.05, 4.69) is 19.2 Å². The lowest BCUT2D eigenvalue weighted by Crippen LogP contribution is -2.45. The van der Waals surface area contributed by atoms with E-state index in [1.807, 2.05) is 0 Å². The van der Waals surface area contributed by atoms with Gasteiger partial charge in [-0.1, -0.05) is 13.8 Å². The van der Waals surface area contributed by atoms with Crippen molar-refractivity contribution in [1.82, 2.24) is 5.32 Å². The number of nitrogens with two attached hydrogens (primary N) is 1. The molecule has 1 aliphatic rings. The molecule has 1 saturated carbocycles. The minimum absolute atomic E-state index is 0.0647. The molecule has 0 spiro atoms. The highest BCUT2D eigenvalue weighted by atomic mass is 16.3. The Hall–Kier alpha value is -0.610. The number of aliphatic hydroxyl groups is 1. The smallest absolute Gasteiger partial charge is 0.236 e. The van der Waals surface area contributed by atoms with E-state index in [0.29, 0.717) is 18.4 Å². The summed E-state index contributed by atoms with van der Waals surface area (Å²) in [4.78, 5) is 11.5. The summed E-state index contributed by atoms with van der Waals surface area (Å²) in [5.74, 6) is 0.816. The molecule has 0 saturated heterocycles. The van der Waals surface area contributed by atoms with Crippen molar-refractivity contribution in [1.29, 1.82) is 0 Å². The van der Waals surface area contributed by atoms with E-state index in [4.69, 9.17) is 10.8 Å². The Kier molecular flexibility index (Phi) is 4.54. The zero-order valence-electron chi connectivity index (χ0n) is 9.57. The molecule has 1 atom stereocenters. The van der Waals surface area contributed by atoms with Gasteiger partial charge in [-0.05, 0) is 31.1 Å². The van der Waals surface area contributed by atoms with Crippen LogP contribution in [0.15, 0.2) is 0 Å². The van der Waals surface area contributed by atoms with E-state index < -0.39 is 6.04 Å². The Labute approximate surface area is 91.2 Å². The standard InChI is InChI=1S/C11H22N2O2/c1-7(2)3-10(12)11(15)13-6-8-4-9(14)5-8/h7-10,14H,3-6,12H2,1-2H3,(H,13,15). The molecule has 1 unspecified atom stereocenters. The SMILES string of the molecule is CC(C)CC(N)C(=O)NCC1CC(O)C1. The van der Waals surface area contributed by atoms with Gasteiger partial charge in [0.1, 0.15) is 0 Å². The van der Waals surface area contributed by atoms with Crippen molar-refractivity contribution in [3.63, 3.8) is 0 Å². The first-order chi connectivity index (χ1) is 6.99. The molecule has 0 heterocycles. The van der Waals surface area contributed by atoms with Crippen molar-refractivity contribution in [2.45, 2.75) is 45.3 Å². The van der Waals surface area contributed by atoms with Crippen molar-refractivity contribution in [3.8, 4) is 0 Å². The van der Waals surface area contributed by atoms with Crippen molar-refractivity contribution < 1.29 is 9.90 Å². The highest BCUT2D eigenvalue weighted by Gasteiger charge is 2.27. The van der Waals surface area contributed by atoms with Crippen LogP contribution in [0.4, 0.5) is 0 Å². The monoisotopic (exact) mass is 214 g/mol. The van der Waals surface area contributed by atoms with Gasteiger partial charge in [-0.2, -0.15) is 0 Å². The van der Waals surface area contributed by atoms with E-state index in [1.165, 1.54) is 0 Å². The summed E-state index contributed by atoms with van der Waals surface area (Å²) in [5.41, 5.74) is 5.73. The Morgan fingerprint density at radius 2 is 2.13 bits per heavy atom. The van der Waals surface area contributed by atoms with Gasteiger partial charge in [0, 0.05) is 6.54 Å². The molecule has 1 amide bonds. The van der Waals surface area contributed by atoms with Gasteiger partial charge < -0.3 is 16.2 Å². The number of aliphatic hydroxyl groups excluding tert-OH is 1. The molecule has 1 fully saturated rings. The second-order valence-corrected chi connectivity index (χ2v) is 4.97. The first-order valence-electron chi connectivity index (χ1n) is 5.70. The summed E-state index contributed by atoms with van der Waals surface area (Å²) in [6.07, 6.45) is 2.18. The summed E-state index contributed by atoms with van der Waals surface area (Å²) in [6, 6.07) is -0.394. The van der Waals surface area contributed by atoms with Crippen molar-refractivity contribution in [3.05, 3.63) is 0 Å². The normalized spacial score (nSPS) is 27.3. The maximum atomic E-state index is 11.5. The van der Waals surface area contributed by atoms with Crippen LogP contribution in [0.5, 0.6) is 0 Å². The lowest BCUT2D eigenvalue weighted by molar-refractivity contribution is -0.123. The van der Waals surface area contributed by atoms with Gasteiger partial charge in [0.05, 0.1) is 12.1 Å². The first kappa shape index (κ1) is 12.5. The van der Waals surface area contributed by atoms with Gasteiger partial charge in [-0.15, -0.1) is 0 Å². The zero-order valence-corrected chi connectivity index (χ0v) is 9.57. The number of amides is 1. The summed E-state index contributed by atoms with van der Waals surface area (Å²) < 4.78 is 0. The van der Waals surface area contributed by atoms with E-state index in [1.54, 1.807) is 0 Å². The first-order valence-corrected chi connectivity index (χ1v) is 5.70. The molecule has 0 aliphatic heterocycles. The van der Waals surface area contributed by atoms with Gasteiger partial charge >= 0.3 is 0 Å². The minimum Gasteiger partial charge on any atom is -0.393 e. The lowest BCUT2D eigenvalue weighted by atomic mass is 9.82. The maximum Gasteiger partial charge on any atom is 0.236 e. The van der Waals surface area contributed by atoms with Crippen LogP contribution < -0.4 is 11.1 Å². The highest BCUT2D eigenvalue weighted by Crippen LogP contribution is 2.26. The molecule has 88 valence electrons. The second-order valence-electron chi connectivity index (χ2n) is 4.97. The average Bonchev–Trinajstić information content (AvgIpc) is 2.08. The molecule has 4 nitrogen and oxygen atoms in total. The van der Waals surface area contributed by atoms with Crippen molar-refractivity contribution in [2.75, 3.05) is 6.54 Å². The molecule has 1 aliphatic carbocycles. The van der Waals surface area contributed by atoms with Gasteiger partial charge in [0.15, 0.2) is 0 Å². The maximum absolute atomic E-state index is 11.5. The lowest BCUT2D eigenvalue weighted by Gasteiger charge is -2.31. The van der Waals surface area contributed by atoms with Crippen LogP contribution in [-0.2, 0) is 4.79 Å². The van der Waals surface area contributed by atoms with Crippen LogP contribution in [0.1, 0.15) is 33.1 Å². The van der Waals surface area contributed by atoms with Crippen LogP contribution in [0.3, 0.4) is 0 Å². The Morgan fingerprint density at radius 3 is 2.60 bits per heavy atom. The zero-order chi connectivity index (χ0) is 11.4. The van der Waals surface area contributed by atoms with E-state index >= 15 is 0 Å². The van der Waals surface area contributed by atoms with Gasteiger partial charge in [-0.3, -0.25) is 4.79 Å². The number of carbonyl (C=O) groups excluding carboxylic acids is 1. The number of nitrogens with one attached hydrogen (secondary N) is 1. The van der Waals surface area contributed by atoms with E-state index in [0.717, 1.165) is 19.3 Å². The van der Waals surface area contributed by atoms with Gasteiger partial charge in [0.25, 0.3) is 0 Å². The van der Waals surface area contributed by atoms with E-state index in [9.17, 15) is 4.79 Å². The summed E-state index contributed by atoms with van der Waals surface area (Å²) >= 11 is 0. The fourth-order valence-electron chi connectivity index (χ4n) is 1.86. The Bertz CT molecular complexity index is 213. The number of hydrogen-bond donors (Lipinski definition) is 3. The molecule has 0 radical (unpaired) electrons. The van der Waals surface area contributed by atoms with Gasteiger partial charge in [-0.25, -0.2) is 0 Å². The molecule has 15 heavy (non-hydrogen) atoms. The Balaban J connectivity index is 2.12. The quantitative estimate of drug-likeness (QED) is 0.614. The fraction of sp³-hybridized carbons (Fsp3) is 0.909. The van der Waals surface area contributed by atoms with Crippen LogP contribution in [0, 0.1) is 11.8 Å². The van der Waals surface area contributed by atoms with Crippen LogP contribution in [0.25, 0.3) is 0 Å². The molecular weight excluding hydrogens is 192 g/mol. The third-order valence-corrected chi connectivity index (χ3v) is 2.84. The summed E-state index contributed by atoms with van der Waals surface area (Å²) in [7, 11) is 0. The molecule has 0 bridgehead atoms.